The maximum Gasteiger partial charge on any atom is 0.254 e. The van der Waals surface area contributed by atoms with E-state index in [0.29, 0.717) is 36.4 Å². The topological polar surface area (TPSA) is 96.7 Å². The maximum atomic E-state index is 14.1. The Labute approximate surface area is 191 Å². The van der Waals surface area contributed by atoms with Crippen LogP contribution in [-0.2, 0) is 12.0 Å². The highest BCUT2D eigenvalue weighted by Crippen LogP contribution is 2.42. The number of carbonyl (C=O) groups excluding carboxylic acids is 1. The van der Waals surface area contributed by atoms with Crippen LogP contribution in [0.4, 0.5) is 20.3 Å². The highest BCUT2D eigenvalue weighted by Gasteiger charge is 2.39. The number of nitrogens with one attached hydrogen (secondary N) is 1. The monoisotopic (exact) mass is 449 g/mol. The van der Waals surface area contributed by atoms with Gasteiger partial charge in [-0.1, -0.05) is 18.2 Å². The van der Waals surface area contributed by atoms with E-state index >= 15 is 0 Å². The summed E-state index contributed by atoms with van der Waals surface area (Å²) in [6.07, 6.45) is 5.44. The number of amides is 1. The Morgan fingerprint density at radius 3 is 2.52 bits per heavy atom. The minimum atomic E-state index is -0.647. The normalized spacial score (nSPS) is 20.2. The molecule has 0 unspecified atom stereocenters. The van der Waals surface area contributed by atoms with Crippen LogP contribution in [0.15, 0.2) is 54.7 Å². The molecule has 1 heterocycles. The Bertz CT molecular complexity index is 1170. The first-order valence-corrected chi connectivity index (χ1v) is 10.9. The first-order chi connectivity index (χ1) is 15.9. The van der Waals surface area contributed by atoms with Gasteiger partial charge in [0.2, 0.25) is 0 Å². The number of aromatic nitrogens is 2. The average Bonchev–Trinajstić information content (AvgIpc) is 3.23. The first-order valence-electron chi connectivity index (χ1n) is 10.9. The molecule has 1 saturated carbocycles. The number of hydrogen-bond acceptors (Lipinski definition) is 4. The van der Waals surface area contributed by atoms with Crippen molar-refractivity contribution in [3.8, 4) is 6.07 Å². The van der Waals surface area contributed by atoms with Gasteiger partial charge in [0.05, 0.1) is 18.0 Å². The molecule has 0 saturated heterocycles. The Morgan fingerprint density at radius 2 is 1.88 bits per heavy atom. The molecule has 3 N–H and O–H groups in total. The molecule has 0 spiro atoms. The number of hydrogen-bond donors (Lipinski definition) is 2. The minimum Gasteiger partial charge on any atom is -0.365 e. The van der Waals surface area contributed by atoms with E-state index in [4.69, 9.17) is 5.73 Å². The summed E-state index contributed by atoms with van der Waals surface area (Å²) < 4.78 is 29.0. The molecule has 1 aliphatic carbocycles. The Balaban J connectivity index is 1.56. The fourth-order valence-electron chi connectivity index (χ4n) is 4.59. The summed E-state index contributed by atoms with van der Waals surface area (Å²) >= 11 is 0. The van der Waals surface area contributed by atoms with E-state index in [-0.39, 0.29) is 29.4 Å². The standard InChI is InChI=1S/C25H25F2N5O/c26-19-5-7-20(8-6-19)30-24-21(23(29)33)16-32(31-24)25(13-14-28)11-9-17(10-12-25)15-18-3-1-2-4-22(18)27/h1-8,16-17H,9-13,15H2,(H2,29,33)(H,30,31). The predicted octanol–water partition coefficient (Wildman–Crippen LogP) is 5.05. The first kappa shape index (κ1) is 22.5. The molecule has 0 bridgehead atoms. The summed E-state index contributed by atoms with van der Waals surface area (Å²) in [5, 5.41) is 17.2. The van der Waals surface area contributed by atoms with Gasteiger partial charge in [-0.25, -0.2) is 8.78 Å². The molecule has 1 amide bonds. The van der Waals surface area contributed by atoms with Crippen molar-refractivity contribution >= 4 is 17.4 Å². The number of nitrogens with two attached hydrogens (primary N) is 1. The highest BCUT2D eigenvalue weighted by atomic mass is 19.1. The largest absolute Gasteiger partial charge is 0.365 e. The predicted molar refractivity (Wildman–Crippen MR) is 121 cm³/mol. The number of carbonyl (C=O) groups is 1. The number of halogens is 2. The van der Waals surface area contributed by atoms with Gasteiger partial charge in [-0.3, -0.25) is 9.48 Å². The van der Waals surface area contributed by atoms with Crippen LogP contribution in [-0.4, -0.2) is 15.7 Å². The molecule has 0 atom stereocenters. The molecular formula is C25H25F2N5O. The molecule has 1 aliphatic rings. The second-order valence-electron chi connectivity index (χ2n) is 8.63. The van der Waals surface area contributed by atoms with Crippen LogP contribution >= 0.6 is 0 Å². The molecular weight excluding hydrogens is 424 g/mol. The third-order valence-electron chi connectivity index (χ3n) is 6.48. The number of benzene rings is 2. The quantitative estimate of drug-likeness (QED) is 0.528. The number of nitrogens with zero attached hydrogens (tertiary/aromatic N) is 3. The lowest BCUT2D eigenvalue weighted by Gasteiger charge is -2.39. The van der Waals surface area contributed by atoms with E-state index in [1.807, 2.05) is 12.1 Å². The van der Waals surface area contributed by atoms with Crippen molar-refractivity contribution in [3.05, 3.63) is 77.5 Å². The third-order valence-corrected chi connectivity index (χ3v) is 6.48. The van der Waals surface area contributed by atoms with Crippen LogP contribution in [0.2, 0.25) is 0 Å². The number of nitriles is 1. The van der Waals surface area contributed by atoms with Crippen molar-refractivity contribution in [2.45, 2.75) is 44.1 Å². The second-order valence-corrected chi connectivity index (χ2v) is 8.63. The van der Waals surface area contributed by atoms with Crippen molar-refractivity contribution in [1.29, 1.82) is 5.26 Å². The van der Waals surface area contributed by atoms with Crippen LogP contribution in [0.5, 0.6) is 0 Å². The van der Waals surface area contributed by atoms with Gasteiger partial charge < -0.3 is 11.1 Å². The summed E-state index contributed by atoms with van der Waals surface area (Å²) in [5.74, 6) is -0.648. The fourth-order valence-corrected chi connectivity index (χ4v) is 4.59. The van der Waals surface area contributed by atoms with Gasteiger partial charge in [0, 0.05) is 11.9 Å². The fraction of sp³-hybridized carbons (Fsp3) is 0.320. The molecule has 3 aromatic rings. The van der Waals surface area contributed by atoms with Crippen molar-refractivity contribution in [1.82, 2.24) is 9.78 Å². The van der Waals surface area contributed by atoms with Crippen LogP contribution in [0, 0.1) is 28.9 Å². The molecule has 33 heavy (non-hydrogen) atoms. The van der Waals surface area contributed by atoms with E-state index in [0.717, 1.165) is 12.8 Å². The van der Waals surface area contributed by atoms with E-state index in [1.165, 1.54) is 30.3 Å². The van der Waals surface area contributed by atoms with E-state index < -0.39 is 11.4 Å². The van der Waals surface area contributed by atoms with E-state index in [1.54, 1.807) is 16.9 Å². The van der Waals surface area contributed by atoms with Gasteiger partial charge >= 0.3 is 0 Å². The van der Waals surface area contributed by atoms with Gasteiger partial charge in [0.25, 0.3) is 5.91 Å². The number of rotatable bonds is 7. The molecule has 0 radical (unpaired) electrons. The van der Waals surface area contributed by atoms with Crippen molar-refractivity contribution in [3.63, 3.8) is 0 Å². The lowest BCUT2D eigenvalue weighted by molar-refractivity contribution is 0.1000. The summed E-state index contributed by atoms with van der Waals surface area (Å²) in [5.41, 5.74) is 6.47. The Kier molecular flexibility index (Phi) is 6.40. The molecule has 4 rings (SSSR count). The lowest BCUT2D eigenvalue weighted by Crippen LogP contribution is -2.38. The van der Waals surface area contributed by atoms with Gasteiger partial charge in [-0.2, -0.15) is 10.4 Å². The minimum absolute atomic E-state index is 0.193. The molecule has 0 aliphatic heterocycles. The average molecular weight is 450 g/mol. The summed E-state index contributed by atoms with van der Waals surface area (Å²) in [4.78, 5) is 12.1. The number of primary amides is 1. The van der Waals surface area contributed by atoms with Gasteiger partial charge in [0.15, 0.2) is 5.82 Å². The number of anilines is 2. The molecule has 1 fully saturated rings. The summed E-state index contributed by atoms with van der Waals surface area (Å²) in [6, 6.07) is 14.8. The van der Waals surface area contributed by atoms with E-state index in [9.17, 15) is 18.8 Å². The van der Waals surface area contributed by atoms with Crippen molar-refractivity contribution in [2.75, 3.05) is 5.32 Å². The summed E-state index contributed by atoms with van der Waals surface area (Å²) in [6.45, 7) is 0. The Morgan fingerprint density at radius 1 is 1.18 bits per heavy atom. The molecule has 6 nitrogen and oxygen atoms in total. The molecule has 1 aromatic heterocycles. The zero-order chi connectivity index (χ0) is 23.4. The molecule has 170 valence electrons. The maximum absolute atomic E-state index is 14.1. The molecule has 8 heteroatoms. The van der Waals surface area contributed by atoms with Crippen molar-refractivity contribution < 1.29 is 13.6 Å². The van der Waals surface area contributed by atoms with Gasteiger partial charge in [0.1, 0.15) is 17.2 Å². The van der Waals surface area contributed by atoms with Crippen LogP contribution in [0.3, 0.4) is 0 Å². The Hall–Kier alpha value is -3.73. The van der Waals surface area contributed by atoms with Crippen molar-refractivity contribution in [2.24, 2.45) is 11.7 Å². The van der Waals surface area contributed by atoms with Gasteiger partial charge in [-0.05, 0) is 73.9 Å². The zero-order valence-electron chi connectivity index (χ0n) is 18.1. The SMILES string of the molecule is N#CCC1(n2cc(C(N)=O)c(Nc3ccc(F)cc3)n2)CCC(Cc2ccccc2F)CC1. The summed E-state index contributed by atoms with van der Waals surface area (Å²) in [7, 11) is 0. The van der Waals surface area contributed by atoms with Crippen LogP contribution < -0.4 is 11.1 Å². The third kappa shape index (κ3) is 4.87. The van der Waals surface area contributed by atoms with E-state index in [2.05, 4.69) is 16.5 Å². The zero-order valence-corrected chi connectivity index (χ0v) is 18.1. The van der Waals surface area contributed by atoms with Gasteiger partial charge in [-0.15, -0.1) is 0 Å². The second kappa shape index (κ2) is 9.41. The van der Waals surface area contributed by atoms with Crippen LogP contribution in [0.1, 0.15) is 48.0 Å². The smallest absolute Gasteiger partial charge is 0.254 e. The lowest BCUT2D eigenvalue weighted by atomic mass is 9.73. The highest BCUT2D eigenvalue weighted by molar-refractivity contribution is 5.98. The molecule has 2 aromatic carbocycles. The van der Waals surface area contributed by atoms with Crippen LogP contribution in [0.25, 0.3) is 0 Å².